The minimum atomic E-state index is -0.0324. The summed E-state index contributed by atoms with van der Waals surface area (Å²) < 4.78 is 0. The highest BCUT2D eigenvalue weighted by atomic mass is 16.1. The van der Waals surface area contributed by atoms with Crippen LogP contribution in [0.5, 0.6) is 0 Å². The Balaban J connectivity index is 2.86. The van der Waals surface area contributed by atoms with Gasteiger partial charge >= 0.3 is 0 Å². The van der Waals surface area contributed by atoms with Crippen LogP contribution in [-0.2, 0) is 4.79 Å². The third-order valence-corrected chi connectivity index (χ3v) is 0.569. The smallest absolute Gasteiger partial charge is 0.186 e. The number of rotatable bonds is 0. The van der Waals surface area contributed by atoms with E-state index in [0.29, 0.717) is 0 Å². The summed E-state index contributed by atoms with van der Waals surface area (Å²) in [6.07, 6.45) is 7.19. The summed E-state index contributed by atoms with van der Waals surface area (Å²) in [6, 6.07) is 0. The molecular formula is C5H3O. The highest BCUT2D eigenvalue weighted by Crippen LogP contribution is 1.87. The predicted molar refractivity (Wildman–Crippen MR) is 22.0 cm³/mol. The van der Waals surface area contributed by atoms with Crippen molar-refractivity contribution in [2.24, 2.45) is 0 Å². The molecule has 0 aromatic heterocycles. The topological polar surface area (TPSA) is 17.1 Å². The van der Waals surface area contributed by atoms with E-state index in [-0.39, 0.29) is 5.78 Å². The van der Waals surface area contributed by atoms with Gasteiger partial charge in [0.15, 0.2) is 5.78 Å². The molecule has 0 atom stereocenters. The maximum absolute atomic E-state index is 10.0. The summed E-state index contributed by atoms with van der Waals surface area (Å²) in [5.74, 6) is -0.0324. The lowest BCUT2D eigenvalue weighted by molar-refractivity contribution is -0.110. The summed E-state index contributed by atoms with van der Waals surface area (Å²) in [7, 11) is 0. The Morgan fingerprint density at radius 2 is 2.50 bits per heavy atom. The van der Waals surface area contributed by atoms with Crippen molar-refractivity contribution in [1.82, 2.24) is 0 Å². The van der Waals surface area contributed by atoms with Crippen molar-refractivity contribution in [3.63, 3.8) is 0 Å². The van der Waals surface area contributed by atoms with Crippen LogP contribution >= 0.6 is 0 Å². The molecule has 0 heterocycles. The van der Waals surface area contributed by atoms with Crippen molar-refractivity contribution in [3.8, 4) is 0 Å². The second kappa shape index (κ2) is 1.09. The molecule has 6 heavy (non-hydrogen) atoms. The van der Waals surface area contributed by atoms with Crippen molar-refractivity contribution >= 4 is 5.78 Å². The van der Waals surface area contributed by atoms with Crippen LogP contribution in [0.2, 0.25) is 0 Å². The fourth-order valence-corrected chi connectivity index (χ4v) is 0.314. The highest BCUT2D eigenvalue weighted by molar-refractivity contribution is 5.98. The Kier molecular flexibility index (Phi) is 0.607. The van der Waals surface area contributed by atoms with Crippen LogP contribution in [0.25, 0.3) is 0 Å². The van der Waals surface area contributed by atoms with E-state index in [1.54, 1.807) is 12.2 Å². The van der Waals surface area contributed by atoms with Gasteiger partial charge in [-0.1, -0.05) is 12.2 Å². The van der Waals surface area contributed by atoms with Crippen LogP contribution in [-0.4, -0.2) is 5.78 Å². The Bertz CT molecular complexity index is 106. The van der Waals surface area contributed by atoms with Gasteiger partial charge in [-0.2, -0.15) is 0 Å². The summed E-state index contributed by atoms with van der Waals surface area (Å²) in [6.45, 7) is 0. The Hall–Kier alpha value is -0.850. The number of hydrogen-bond donors (Lipinski definition) is 0. The number of ketones is 1. The van der Waals surface area contributed by atoms with Crippen molar-refractivity contribution in [1.29, 1.82) is 0 Å². The lowest BCUT2D eigenvalue weighted by Gasteiger charge is -1.60. The van der Waals surface area contributed by atoms with Crippen molar-refractivity contribution in [2.75, 3.05) is 0 Å². The number of carbonyl (C=O) groups is 1. The second-order valence-corrected chi connectivity index (χ2v) is 1.03. The predicted octanol–water partition coefficient (Wildman–Crippen LogP) is 0.485. The van der Waals surface area contributed by atoms with Crippen LogP contribution in [0.3, 0.4) is 0 Å². The molecule has 1 nitrogen and oxygen atoms in total. The van der Waals surface area contributed by atoms with Gasteiger partial charge in [-0.05, 0) is 6.08 Å². The number of allylic oxidation sites excluding steroid dienone is 4. The maximum atomic E-state index is 10.0. The molecule has 0 aromatic carbocycles. The molecule has 1 aliphatic carbocycles. The van der Waals surface area contributed by atoms with Crippen LogP contribution < -0.4 is 0 Å². The van der Waals surface area contributed by atoms with Crippen molar-refractivity contribution in [2.45, 2.75) is 0 Å². The Morgan fingerprint density at radius 3 is 2.67 bits per heavy atom. The normalized spacial score (nSPS) is 17.0. The monoisotopic (exact) mass is 79.0 g/mol. The minimum absolute atomic E-state index is 0.0324. The van der Waals surface area contributed by atoms with E-state index in [1.165, 1.54) is 6.08 Å². The summed E-state index contributed by atoms with van der Waals surface area (Å²) >= 11 is 0. The molecule has 0 bridgehead atoms. The molecule has 1 aliphatic rings. The summed E-state index contributed by atoms with van der Waals surface area (Å²) in [4.78, 5) is 10.0. The lowest BCUT2D eigenvalue weighted by atomic mass is 10.5. The first-order valence-electron chi connectivity index (χ1n) is 1.70. The number of hydrogen-bond acceptors (Lipinski definition) is 1. The molecule has 0 saturated heterocycles. The maximum Gasteiger partial charge on any atom is 0.186 e. The first-order chi connectivity index (χ1) is 2.89. The van der Waals surface area contributed by atoms with E-state index in [2.05, 4.69) is 6.08 Å². The molecule has 0 saturated carbocycles. The zero-order valence-corrected chi connectivity index (χ0v) is 3.14. The van der Waals surface area contributed by atoms with Crippen molar-refractivity contribution in [3.05, 3.63) is 24.3 Å². The molecule has 0 fully saturated rings. The van der Waals surface area contributed by atoms with Crippen LogP contribution in [0.1, 0.15) is 0 Å². The van der Waals surface area contributed by atoms with Gasteiger partial charge in [-0.15, -0.1) is 0 Å². The minimum Gasteiger partial charge on any atom is -0.289 e. The van der Waals surface area contributed by atoms with E-state index in [1.807, 2.05) is 0 Å². The lowest BCUT2D eigenvalue weighted by Crippen LogP contribution is -1.76. The van der Waals surface area contributed by atoms with Crippen LogP contribution in [0, 0.1) is 6.08 Å². The highest BCUT2D eigenvalue weighted by Gasteiger charge is 1.89. The van der Waals surface area contributed by atoms with Gasteiger partial charge in [0.2, 0.25) is 0 Å². The molecule has 1 radical (unpaired) electrons. The molecule has 0 aromatic rings. The van der Waals surface area contributed by atoms with Gasteiger partial charge < -0.3 is 0 Å². The molecule has 0 unspecified atom stereocenters. The van der Waals surface area contributed by atoms with E-state index >= 15 is 0 Å². The first kappa shape index (κ1) is 3.34. The van der Waals surface area contributed by atoms with Crippen LogP contribution in [0.4, 0.5) is 0 Å². The first-order valence-corrected chi connectivity index (χ1v) is 1.70. The van der Waals surface area contributed by atoms with Gasteiger partial charge in [0, 0.05) is 6.08 Å². The van der Waals surface area contributed by atoms with Gasteiger partial charge in [0.25, 0.3) is 0 Å². The van der Waals surface area contributed by atoms with Crippen molar-refractivity contribution < 1.29 is 4.79 Å². The second-order valence-electron chi connectivity index (χ2n) is 1.03. The molecular weight excluding hydrogens is 76.1 g/mol. The largest absolute Gasteiger partial charge is 0.289 e. The third kappa shape index (κ3) is 0.385. The Labute approximate surface area is 36.0 Å². The number of carbonyl (C=O) groups excluding carboxylic acids is 1. The van der Waals surface area contributed by atoms with E-state index in [0.717, 1.165) is 0 Å². The van der Waals surface area contributed by atoms with Crippen LogP contribution in [0.15, 0.2) is 18.2 Å². The van der Waals surface area contributed by atoms with E-state index in [9.17, 15) is 4.79 Å². The fourth-order valence-electron chi connectivity index (χ4n) is 0.314. The van der Waals surface area contributed by atoms with E-state index < -0.39 is 0 Å². The third-order valence-electron chi connectivity index (χ3n) is 0.569. The van der Waals surface area contributed by atoms with Gasteiger partial charge in [-0.3, -0.25) is 4.79 Å². The van der Waals surface area contributed by atoms with Gasteiger partial charge in [0.05, 0.1) is 0 Å². The average molecular weight is 79.1 g/mol. The fraction of sp³-hybridized carbons (Fsp3) is 0. The quantitative estimate of drug-likeness (QED) is 0.413. The molecule has 0 aliphatic heterocycles. The SMILES string of the molecule is O=C1[C]=CC=C1. The molecule has 29 valence electrons. The summed E-state index contributed by atoms with van der Waals surface area (Å²) in [5.41, 5.74) is 0. The molecule has 1 rings (SSSR count). The van der Waals surface area contributed by atoms with Gasteiger partial charge in [-0.25, -0.2) is 0 Å². The zero-order chi connectivity index (χ0) is 4.41. The van der Waals surface area contributed by atoms with E-state index in [4.69, 9.17) is 0 Å². The molecule has 1 heteroatoms. The Morgan fingerprint density at radius 1 is 1.67 bits per heavy atom. The molecule has 0 amide bonds. The zero-order valence-electron chi connectivity index (χ0n) is 3.14. The van der Waals surface area contributed by atoms with Gasteiger partial charge in [0.1, 0.15) is 0 Å². The molecule has 0 N–H and O–H groups in total. The molecule has 0 spiro atoms. The summed E-state index contributed by atoms with van der Waals surface area (Å²) in [5, 5.41) is 0. The standard InChI is InChI=1S/C5H3O/c6-5-3-1-2-4-5/h1-3H. The average Bonchev–Trinajstić information content (AvgIpc) is 1.86.